The van der Waals surface area contributed by atoms with Gasteiger partial charge >= 0.3 is 0 Å². The minimum Gasteiger partial charge on any atom is -0.310 e. The highest BCUT2D eigenvalue weighted by atomic mass is 15.0. The van der Waals surface area contributed by atoms with Gasteiger partial charge in [-0.25, -0.2) is 0 Å². The topological polar surface area (TPSA) is 12.0 Å². The summed E-state index contributed by atoms with van der Waals surface area (Å²) in [6.45, 7) is 0. The standard InChI is InChI=1S/C20H23N/c1-2-6-15(7-3-1)12-20-18-10-11-19(21-20)14-17-9-5-4-8-16(17)13-18/h1-9,18-21H,10-14H2/t18-,19+,20+/m0/s1. The molecule has 2 heterocycles. The molecule has 1 nitrogen and oxygen atoms in total. The quantitative estimate of drug-likeness (QED) is 0.881. The van der Waals surface area contributed by atoms with Crippen molar-refractivity contribution in [1.82, 2.24) is 5.32 Å². The summed E-state index contributed by atoms with van der Waals surface area (Å²) in [6.07, 6.45) is 6.33. The van der Waals surface area contributed by atoms with Gasteiger partial charge in [-0.05, 0) is 54.7 Å². The van der Waals surface area contributed by atoms with Gasteiger partial charge in [-0.1, -0.05) is 54.6 Å². The van der Waals surface area contributed by atoms with Gasteiger partial charge < -0.3 is 5.32 Å². The van der Waals surface area contributed by atoms with Gasteiger partial charge in [-0.15, -0.1) is 0 Å². The highest BCUT2D eigenvalue weighted by Crippen LogP contribution is 2.32. The average molecular weight is 277 g/mol. The Morgan fingerprint density at radius 2 is 1.52 bits per heavy atom. The first-order valence-electron chi connectivity index (χ1n) is 8.25. The molecular formula is C20H23N. The molecule has 108 valence electrons. The van der Waals surface area contributed by atoms with Crippen LogP contribution in [0.3, 0.4) is 0 Å². The molecule has 2 aromatic carbocycles. The van der Waals surface area contributed by atoms with Gasteiger partial charge in [0.25, 0.3) is 0 Å². The third-order valence-electron chi connectivity index (χ3n) is 5.27. The predicted molar refractivity (Wildman–Crippen MR) is 87.4 cm³/mol. The molecular weight excluding hydrogens is 254 g/mol. The van der Waals surface area contributed by atoms with Crippen LogP contribution in [0.4, 0.5) is 0 Å². The maximum Gasteiger partial charge on any atom is 0.0142 e. The Kier molecular flexibility index (Phi) is 3.52. The summed E-state index contributed by atoms with van der Waals surface area (Å²) in [6, 6.07) is 21.3. The summed E-state index contributed by atoms with van der Waals surface area (Å²) in [4.78, 5) is 0. The van der Waals surface area contributed by atoms with Crippen molar-refractivity contribution in [3.8, 4) is 0 Å². The second kappa shape index (κ2) is 5.65. The molecule has 0 radical (unpaired) electrons. The Morgan fingerprint density at radius 3 is 2.33 bits per heavy atom. The smallest absolute Gasteiger partial charge is 0.0142 e. The van der Waals surface area contributed by atoms with E-state index in [1.165, 1.54) is 37.7 Å². The fraction of sp³-hybridized carbons (Fsp3) is 0.400. The molecule has 0 spiro atoms. The lowest BCUT2D eigenvalue weighted by Crippen LogP contribution is -2.51. The molecule has 0 unspecified atom stereocenters. The van der Waals surface area contributed by atoms with E-state index in [0.29, 0.717) is 12.1 Å². The molecule has 3 atom stereocenters. The number of rotatable bonds is 2. The van der Waals surface area contributed by atoms with Crippen molar-refractivity contribution in [2.75, 3.05) is 0 Å². The number of hydrogen-bond donors (Lipinski definition) is 1. The summed E-state index contributed by atoms with van der Waals surface area (Å²) in [5, 5.41) is 3.94. The van der Waals surface area contributed by atoms with Gasteiger partial charge in [0.05, 0.1) is 0 Å². The van der Waals surface area contributed by atoms with Crippen LogP contribution in [0.2, 0.25) is 0 Å². The highest BCUT2D eigenvalue weighted by molar-refractivity contribution is 5.30. The molecule has 0 saturated carbocycles. The second-order valence-electron chi connectivity index (χ2n) is 6.67. The largest absolute Gasteiger partial charge is 0.310 e. The monoisotopic (exact) mass is 277 g/mol. The minimum absolute atomic E-state index is 0.638. The molecule has 1 saturated heterocycles. The number of hydrogen-bond acceptors (Lipinski definition) is 1. The van der Waals surface area contributed by atoms with Crippen LogP contribution >= 0.6 is 0 Å². The van der Waals surface area contributed by atoms with Crippen LogP contribution in [0.15, 0.2) is 54.6 Å². The molecule has 5 rings (SSSR count). The lowest BCUT2D eigenvalue weighted by atomic mass is 9.75. The van der Waals surface area contributed by atoms with Crippen LogP contribution in [0.25, 0.3) is 0 Å². The zero-order valence-corrected chi connectivity index (χ0v) is 12.5. The molecule has 1 fully saturated rings. The third kappa shape index (κ3) is 2.75. The predicted octanol–water partition coefficient (Wildman–Crippen LogP) is 3.76. The van der Waals surface area contributed by atoms with E-state index in [1.54, 1.807) is 11.1 Å². The molecule has 2 aromatic rings. The summed E-state index contributed by atoms with van der Waals surface area (Å²) in [7, 11) is 0. The third-order valence-corrected chi connectivity index (χ3v) is 5.27. The van der Waals surface area contributed by atoms with Crippen molar-refractivity contribution < 1.29 is 0 Å². The second-order valence-corrected chi connectivity index (χ2v) is 6.67. The van der Waals surface area contributed by atoms with Gasteiger partial charge in [-0.3, -0.25) is 0 Å². The highest BCUT2D eigenvalue weighted by Gasteiger charge is 2.32. The first-order valence-corrected chi connectivity index (χ1v) is 8.25. The summed E-state index contributed by atoms with van der Waals surface area (Å²) < 4.78 is 0. The SMILES string of the molecule is c1ccc(C[C@H]2N[C@@H]3CC[C@H]2Cc2ccccc2C3)cc1. The first kappa shape index (κ1) is 13.1. The van der Waals surface area contributed by atoms with E-state index >= 15 is 0 Å². The van der Waals surface area contributed by atoms with Crippen molar-refractivity contribution >= 4 is 0 Å². The number of nitrogens with one attached hydrogen (secondary N) is 1. The van der Waals surface area contributed by atoms with E-state index in [0.717, 1.165) is 5.92 Å². The Labute approximate surface area is 127 Å². The van der Waals surface area contributed by atoms with Crippen molar-refractivity contribution in [2.45, 2.75) is 44.2 Å². The maximum atomic E-state index is 3.94. The van der Waals surface area contributed by atoms with Gasteiger partial charge in [-0.2, -0.15) is 0 Å². The van der Waals surface area contributed by atoms with Crippen LogP contribution in [0.1, 0.15) is 29.5 Å². The molecule has 0 amide bonds. The zero-order chi connectivity index (χ0) is 14.1. The summed E-state index contributed by atoms with van der Waals surface area (Å²) in [5.41, 5.74) is 4.62. The summed E-state index contributed by atoms with van der Waals surface area (Å²) >= 11 is 0. The number of fused-ring (bicyclic) bond motifs is 2. The molecule has 2 aliphatic heterocycles. The number of benzene rings is 2. The van der Waals surface area contributed by atoms with Crippen LogP contribution in [0, 0.1) is 5.92 Å². The fourth-order valence-corrected chi connectivity index (χ4v) is 4.14. The molecule has 1 aliphatic carbocycles. The summed E-state index contributed by atoms with van der Waals surface area (Å²) in [5.74, 6) is 0.780. The van der Waals surface area contributed by atoms with E-state index in [-0.39, 0.29) is 0 Å². The van der Waals surface area contributed by atoms with Crippen LogP contribution in [-0.4, -0.2) is 12.1 Å². The molecule has 1 N–H and O–H groups in total. The molecule has 2 bridgehead atoms. The lowest BCUT2D eigenvalue weighted by molar-refractivity contribution is 0.217. The minimum atomic E-state index is 0.638. The average Bonchev–Trinajstić information content (AvgIpc) is 2.49. The van der Waals surface area contributed by atoms with Gasteiger partial charge in [0.1, 0.15) is 0 Å². The first-order chi connectivity index (χ1) is 10.4. The van der Waals surface area contributed by atoms with Gasteiger partial charge in [0.2, 0.25) is 0 Å². The normalized spacial score (nSPS) is 27.7. The van der Waals surface area contributed by atoms with E-state index in [2.05, 4.69) is 59.9 Å². The van der Waals surface area contributed by atoms with E-state index in [1.807, 2.05) is 0 Å². The molecule has 3 aliphatic rings. The Balaban J connectivity index is 1.59. The van der Waals surface area contributed by atoms with E-state index in [4.69, 9.17) is 0 Å². The Morgan fingerprint density at radius 1 is 0.810 bits per heavy atom. The lowest BCUT2D eigenvalue weighted by Gasteiger charge is -2.41. The molecule has 21 heavy (non-hydrogen) atoms. The Hall–Kier alpha value is -1.60. The van der Waals surface area contributed by atoms with Crippen LogP contribution in [0.5, 0.6) is 0 Å². The van der Waals surface area contributed by atoms with Crippen molar-refractivity contribution in [2.24, 2.45) is 5.92 Å². The zero-order valence-electron chi connectivity index (χ0n) is 12.5. The molecule has 0 aromatic heterocycles. The maximum absolute atomic E-state index is 3.94. The van der Waals surface area contributed by atoms with Crippen LogP contribution in [-0.2, 0) is 19.3 Å². The fourth-order valence-electron chi connectivity index (χ4n) is 4.14. The van der Waals surface area contributed by atoms with Gasteiger partial charge in [0.15, 0.2) is 0 Å². The van der Waals surface area contributed by atoms with Crippen molar-refractivity contribution in [3.63, 3.8) is 0 Å². The Bertz CT molecular complexity index is 604. The van der Waals surface area contributed by atoms with Crippen molar-refractivity contribution in [3.05, 3.63) is 71.3 Å². The van der Waals surface area contributed by atoms with E-state index in [9.17, 15) is 0 Å². The van der Waals surface area contributed by atoms with Crippen LogP contribution < -0.4 is 5.32 Å². The number of piperidine rings is 1. The van der Waals surface area contributed by atoms with E-state index < -0.39 is 0 Å². The van der Waals surface area contributed by atoms with Gasteiger partial charge in [0, 0.05) is 12.1 Å². The molecule has 1 heteroatoms. The van der Waals surface area contributed by atoms with Crippen molar-refractivity contribution in [1.29, 1.82) is 0 Å².